The third kappa shape index (κ3) is 5.07. The molecule has 0 unspecified atom stereocenters. The molecule has 2 atom stereocenters. The van der Waals surface area contributed by atoms with Crippen molar-refractivity contribution in [2.75, 3.05) is 26.8 Å². The lowest BCUT2D eigenvalue weighted by molar-refractivity contribution is -0.129. The van der Waals surface area contributed by atoms with E-state index >= 15 is 0 Å². The number of carbonyl (C=O) groups is 1. The van der Waals surface area contributed by atoms with Gasteiger partial charge >= 0.3 is 0 Å². The minimum Gasteiger partial charge on any atom is -0.383 e. The fourth-order valence-corrected chi connectivity index (χ4v) is 3.83. The van der Waals surface area contributed by atoms with Gasteiger partial charge < -0.3 is 15.0 Å². The van der Waals surface area contributed by atoms with Crippen LogP contribution in [0.5, 0.6) is 0 Å². The van der Waals surface area contributed by atoms with Crippen molar-refractivity contribution in [1.82, 2.24) is 35.0 Å². The predicted octanol–water partition coefficient (Wildman–Crippen LogP) is 2.14. The second-order valence-electron chi connectivity index (χ2n) is 9.29. The maximum Gasteiger partial charge on any atom is 0.223 e. The number of hydrogen-bond acceptors (Lipinski definition) is 6. The van der Waals surface area contributed by atoms with Gasteiger partial charge in [0.05, 0.1) is 36.3 Å². The molecule has 0 radical (unpaired) electrons. The summed E-state index contributed by atoms with van der Waals surface area (Å²) in [6.45, 7) is 12.9. The van der Waals surface area contributed by atoms with Crippen LogP contribution >= 0.6 is 0 Å². The molecule has 2 aromatic heterocycles. The number of hydrogen-bond donors (Lipinski definition) is 1. The predicted molar refractivity (Wildman–Crippen MR) is 114 cm³/mol. The van der Waals surface area contributed by atoms with Gasteiger partial charge in [-0.25, -0.2) is 4.68 Å². The highest BCUT2D eigenvalue weighted by molar-refractivity contribution is 5.79. The molecule has 0 aromatic carbocycles. The molecule has 9 nitrogen and oxygen atoms in total. The molecule has 30 heavy (non-hydrogen) atoms. The molecule has 3 heterocycles. The molecule has 2 aromatic rings. The Morgan fingerprint density at radius 3 is 2.67 bits per heavy atom. The molecule has 1 amide bonds. The highest BCUT2D eigenvalue weighted by atomic mass is 16.5. The number of carbonyl (C=O) groups excluding carboxylic acids is 1. The standard InChI is InChI=1S/C21H35N7O2/c1-15(2)27-13-17(11-23-27)20-16(9-19(29)26(20)7-8-30-6)10-22-12-18-14-28(25-24-18)21(3,4)5/h11,13-16,20,22H,7-10,12H2,1-6H3/t16-,20+/m0/s1. The fraction of sp³-hybridized carbons (Fsp3) is 0.714. The second kappa shape index (κ2) is 9.26. The smallest absolute Gasteiger partial charge is 0.223 e. The molecule has 0 saturated carbocycles. The monoisotopic (exact) mass is 417 g/mol. The average molecular weight is 418 g/mol. The zero-order chi connectivity index (χ0) is 21.9. The van der Waals surface area contributed by atoms with Gasteiger partial charge in [-0.15, -0.1) is 5.10 Å². The van der Waals surface area contributed by atoms with Crippen LogP contribution in [0.2, 0.25) is 0 Å². The second-order valence-corrected chi connectivity index (χ2v) is 9.29. The summed E-state index contributed by atoms with van der Waals surface area (Å²) in [7, 11) is 1.66. The first-order valence-electron chi connectivity index (χ1n) is 10.7. The SMILES string of the molecule is COCCN1C(=O)C[C@@H](CNCc2cn(C(C)(C)C)nn2)[C@@H]1c1cnn(C(C)C)c1. The molecule has 166 valence electrons. The van der Waals surface area contributed by atoms with Gasteiger partial charge in [0.2, 0.25) is 5.91 Å². The van der Waals surface area contributed by atoms with E-state index in [2.05, 4.69) is 61.5 Å². The Bertz CT molecular complexity index is 837. The van der Waals surface area contributed by atoms with Gasteiger partial charge in [0.1, 0.15) is 0 Å². The fourth-order valence-electron chi connectivity index (χ4n) is 3.83. The van der Waals surface area contributed by atoms with Crippen LogP contribution < -0.4 is 5.32 Å². The zero-order valence-electron chi connectivity index (χ0n) is 19.0. The molecule has 9 heteroatoms. The minimum absolute atomic E-state index is 0.00194. The summed E-state index contributed by atoms with van der Waals surface area (Å²) in [5.41, 5.74) is 1.89. The van der Waals surface area contributed by atoms with Crippen LogP contribution in [-0.2, 0) is 21.6 Å². The maximum absolute atomic E-state index is 12.8. The summed E-state index contributed by atoms with van der Waals surface area (Å²) in [6, 6.07) is 0.281. The number of aromatic nitrogens is 5. The van der Waals surface area contributed by atoms with Crippen LogP contribution in [0.1, 0.15) is 64.4 Å². The van der Waals surface area contributed by atoms with Crippen LogP contribution in [0.4, 0.5) is 0 Å². The van der Waals surface area contributed by atoms with Crippen LogP contribution in [0.15, 0.2) is 18.6 Å². The molecule has 0 aliphatic carbocycles. The van der Waals surface area contributed by atoms with E-state index < -0.39 is 0 Å². The number of ether oxygens (including phenoxy) is 1. The topological polar surface area (TPSA) is 90.1 Å². The summed E-state index contributed by atoms with van der Waals surface area (Å²) in [4.78, 5) is 14.7. The van der Waals surface area contributed by atoms with E-state index in [-0.39, 0.29) is 29.4 Å². The van der Waals surface area contributed by atoms with Gasteiger partial charge in [-0.2, -0.15) is 5.10 Å². The maximum atomic E-state index is 12.8. The quantitative estimate of drug-likeness (QED) is 0.672. The number of amides is 1. The van der Waals surface area contributed by atoms with Gasteiger partial charge in [0.25, 0.3) is 0 Å². The Kier molecular flexibility index (Phi) is 6.92. The van der Waals surface area contributed by atoms with E-state index in [4.69, 9.17) is 4.74 Å². The molecular weight excluding hydrogens is 382 g/mol. The summed E-state index contributed by atoms with van der Waals surface area (Å²) in [5.74, 6) is 0.330. The Balaban J connectivity index is 1.69. The van der Waals surface area contributed by atoms with E-state index in [0.717, 1.165) is 17.8 Å². The van der Waals surface area contributed by atoms with E-state index in [1.807, 2.05) is 26.7 Å². The Morgan fingerprint density at radius 2 is 2.07 bits per heavy atom. The van der Waals surface area contributed by atoms with Crippen molar-refractivity contribution in [2.45, 2.75) is 65.2 Å². The molecule has 0 spiro atoms. The molecule has 0 bridgehead atoms. The summed E-state index contributed by atoms with van der Waals surface area (Å²) in [6.07, 6.45) is 6.45. The molecule has 1 aliphatic rings. The van der Waals surface area contributed by atoms with E-state index in [9.17, 15) is 4.79 Å². The third-order valence-electron chi connectivity index (χ3n) is 5.51. The lowest BCUT2D eigenvalue weighted by Crippen LogP contribution is -2.33. The van der Waals surface area contributed by atoms with Gasteiger partial charge in [0.15, 0.2) is 0 Å². The van der Waals surface area contributed by atoms with Crippen LogP contribution in [0.25, 0.3) is 0 Å². The summed E-state index contributed by atoms with van der Waals surface area (Å²) >= 11 is 0. The van der Waals surface area contributed by atoms with E-state index in [1.165, 1.54) is 0 Å². The number of likely N-dealkylation sites (tertiary alicyclic amines) is 1. The highest BCUT2D eigenvalue weighted by Crippen LogP contribution is 2.37. The molecule has 1 aliphatic heterocycles. The van der Waals surface area contributed by atoms with Gasteiger partial charge in [-0.3, -0.25) is 9.48 Å². The first kappa shape index (κ1) is 22.4. The summed E-state index contributed by atoms with van der Waals surface area (Å²) in [5, 5.41) is 16.5. The largest absolute Gasteiger partial charge is 0.383 e. The number of nitrogens with zero attached hydrogens (tertiary/aromatic N) is 6. The molecule has 1 saturated heterocycles. The Morgan fingerprint density at radius 1 is 1.30 bits per heavy atom. The van der Waals surface area contributed by atoms with E-state index in [1.54, 1.807) is 7.11 Å². The Hall–Kier alpha value is -2.26. The minimum atomic E-state index is -0.0906. The van der Waals surface area contributed by atoms with Crippen molar-refractivity contribution >= 4 is 5.91 Å². The molecule has 3 rings (SSSR count). The molecule has 1 fully saturated rings. The van der Waals surface area contributed by atoms with Crippen molar-refractivity contribution in [1.29, 1.82) is 0 Å². The van der Waals surface area contributed by atoms with Crippen molar-refractivity contribution in [3.63, 3.8) is 0 Å². The van der Waals surface area contributed by atoms with Crippen LogP contribution in [0, 0.1) is 5.92 Å². The Labute approximate surface area is 178 Å². The molecule has 1 N–H and O–H groups in total. The third-order valence-corrected chi connectivity index (χ3v) is 5.51. The van der Waals surface area contributed by atoms with Crippen molar-refractivity contribution in [3.05, 3.63) is 29.8 Å². The van der Waals surface area contributed by atoms with Gasteiger partial charge in [-0.05, 0) is 34.6 Å². The van der Waals surface area contributed by atoms with Crippen LogP contribution in [-0.4, -0.2) is 62.4 Å². The first-order valence-corrected chi connectivity index (χ1v) is 10.7. The lowest BCUT2D eigenvalue weighted by Gasteiger charge is -2.27. The van der Waals surface area contributed by atoms with Crippen molar-refractivity contribution in [3.8, 4) is 0 Å². The summed E-state index contributed by atoms with van der Waals surface area (Å²) < 4.78 is 9.06. The normalized spacial score (nSPS) is 20.0. The number of rotatable bonds is 9. The van der Waals surface area contributed by atoms with Crippen molar-refractivity contribution < 1.29 is 9.53 Å². The zero-order valence-corrected chi connectivity index (χ0v) is 19.0. The average Bonchev–Trinajstić information content (AvgIpc) is 3.38. The van der Waals surface area contributed by atoms with Gasteiger partial charge in [0, 0.05) is 56.9 Å². The first-order chi connectivity index (χ1) is 14.2. The van der Waals surface area contributed by atoms with Crippen LogP contribution in [0.3, 0.4) is 0 Å². The number of methoxy groups -OCH3 is 1. The van der Waals surface area contributed by atoms with Gasteiger partial charge in [-0.1, -0.05) is 5.21 Å². The van der Waals surface area contributed by atoms with Crippen molar-refractivity contribution in [2.24, 2.45) is 5.92 Å². The molecular formula is C21H35N7O2. The highest BCUT2D eigenvalue weighted by Gasteiger charge is 2.40. The lowest BCUT2D eigenvalue weighted by atomic mass is 9.95. The van der Waals surface area contributed by atoms with E-state index in [0.29, 0.717) is 26.1 Å². The number of nitrogens with one attached hydrogen (secondary N) is 1.